The van der Waals surface area contributed by atoms with Gasteiger partial charge in [-0.2, -0.15) is 0 Å². The van der Waals surface area contributed by atoms with Crippen molar-refractivity contribution in [3.05, 3.63) is 39.1 Å². The number of anilines is 2. The summed E-state index contributed by atoms with van der Waals surface area (Å²) in [5, 5.41) is 3.47. The molecule has 100 valence electrons. The third kappa shape index (κ3) is 3.10. The number of esters is 1. The van der Waals surface area contributed by atoms with Crippen LogP contribution in [0.25, 0.3) is 0 Å². The van der Waals surface area contributed by atoms with Gasteiger partial charge in [0.1, 0.15) is 5.82 Å². The zero-order chi connectivity index (χ0) is 14.0. The van der Waals surface area contributed by atoms with E-state index in [-0.39, 0.29) is 11.5 Å². The number of carbonyl (C=O) groups is 1. The van der Waals surface area contributed by atoms with Gasteiger partial charge in [0.25, 0.3) is 0 Å². The number of halogens is 2. The summed E-state index contributed by atoms with van der Waals surface area (Å²) in [4.78, 5) is 16.3. The van der Waals surface area contributed by atoms with E-state index in [1.165, 1.54) is 30.6 Å². The van der Waals surface area contributed by atoms with Gasteiger partial charge in [0.05, 0.1) is 12.8 Å². The second kappa shape index (κ2) is 5.66. The standard InChI is InChI=1S/C12H10BrFN2O2S/c1-6-10(11(17)18-2)16-12(19-6)15-9-5-7(14)3-4-8(9)13/h3-5H,1-2H3,(H,15,16). The van der Waals surface area contributed by atoms with Crippen LogP contribution in [0.4, 0.5) is 15.2 Å². The molecule has 0 amide bonds. The number of hydrogen-bond donors (Lipinski definition) is 1. The lowest BCUT2D eigenvalue weighted by molar-refractivity contribution is 0.0594. The molecule has 1 aromatic heterocycles. The second-order valence-corrected chi connectivity index (χ2v) is 5.72. The minimum Gasteiger partial charge on any atom is -0.464 e. The SMILES string of the molecule is COC(=O)c1nc(Nc2cc(F)ccc2Br)sc1C. The van der Waals surface area contributed by atoms with Gasteiger partial charge in [0.2, 0.25) is 0 Å². The molecular weight excluding hydrogens is 335 g/mol. The van der Waals surface area contributed by atoms with Crippen LogP contribution in [-0.4, -0.2) is 18.1 Å². The van der Waals surface area contributed by atoms with Gasteiger partial charge in [-0.3, -0.25) is 0 Å². The molecule has 1 N–H and O–H groups in total. The van der Waals surface area contributed by atoms with E-state index in [2.05, 4.69) is 31.0 Å². The average molecular weight is 345 g/mol. The second-order valence-electron chi connectivity index (χ2n) is 3.66. The molecule has 0 unspecified atom stereocenters. The fraction of sp³-hybridized carbons (Fsp3) is 0.167. The van der Waals surface area contributed by atoms with E-state index in [0.717, 1.165) is 4.88 Å². The third-order valence-corrected chi connectivity index (χ3v) is 3.92. The highest BCUT2D eigenvalue weighted by atomic mass is 79.9. The van der Waals surface area contributed by atoms with E-state index in [4.69, 9.17) is 0 Å². The van der Waals surface area contributed by atoms with E-state index in [0.29, 0.717) is 15.3 Å². The molecular formula is C12H10BrFN2O2S. The molecule has 0 aliphatic carbocycles. The van der Waals surface area contributed by atoms with Crippen molar-refractivity contribution in [2.24, 2.45) is 0 Å². The fourth-order valence-electron chi connectivity index (χ4n) is 1.44. The maximum atomic E-state index is 13.2. The smallest absolute Gasteiger partial charge is 0.357 e. The van der Waals surface area contributed by atoms with Crippen LogP contribution in [0.15, 0.2) is 22.7 Å². The summed E-state index contributed by atoms with van der Waals surface area (Å²) in [6, 6.07) is 4.29. The number of methoxy groups -OCH3 is 1. The zero-order valence-corrected chi connectivity index (χ0v) is 12.6. The number of thiazole rings is 1. The van der Waals surface area contributed by atoms with Crippen molar-refractivity contribution >= 4 is 44.1 Å². The largest absolute Gasteiger partial charge is 0.464 e. The Labute approximate surface area is 121 Å². The minimum atomic E-state index is -0.486. The van der Waals surface area contributed by atoms with Crippen molar-refractivity contribution in [1.29, 1.82) is 0 Å². The van der Waals surface area contributed by atoms with E-state index in [1.807, 2.05) is 0 Å². The molecule has 7 heteroatoms. The number of rotatable bonds is 3. The van der Waals surface area contributed by atoms with Crippen LogP contribution in [0.5, 0.6) is 0 Å². The Hall–Kier alpha value is -1.47. The van der Waals surface area contributed by atoms with Gasteiger partial charge in [-0.1, -0.05) is 0 Å². The van der Waals surface area contributed by atoms with Crippen molar-refractivity contribution in [1.82, 2.24) is 4.98 Å². The molecule has 0 bridgehead atoms. The molecule has 0 aliphatic rings. The molecule has 1 heterocycles. The zero-order valence-electron chi connectivity index (χ0n) is 10.2. The Morgan fingerprint density at radius 2 is 2.26 bits per heavy atom. The lowest BCUT2D eigenvalue weighted by atomic mass is 10.3. The van der Waals surface area contributed by atoms with E-state index in [1.54, 1.807) is 13.0 Å². The molecule has 19 heavy (non-hydrogen) atoms. The Morgan fingerprint density at radius 3 is 2.95 bits per heavy atom. The number of carbonyl (C=O) groups excluding carboxylic acids is 1. The lowest BCUT2D eigenvalue weighted by Crippen LogP contribution is -2.03. The van der Waals surface area contributed by atoms with Gasteiger partial charge in [-0.05, 0) is 41.1 Å². The van der Waals surface area contributed by atoms with Gasteiger partial charge in [-0.15, -0.1) is 11.3 Å². The Morgan fingerprint density at radius 1 is 1.53 bits per heavy atom. The van der Waals surface area contributed by atoms with Crippen LogP contribution >= 0.6 is 27.3 Å². The van der Waals surface area contributed by atoms with Gasteiger partial charge in [0, 0.05) is 9.35 Å². The predicted octanol–water partition coefficient (Wildman–Crippen LogP) is 3.88. The van der Waals surface area contributed by atoms with Gasteiger partial charge < -0.3 is 10.1 Å². The maximum absolute atomic E-state index is 13.2. The van der Waals surface area contributed by atoms with Crippen molar-refractivity contribution in [2.75, 3.05) is 12.4 Å². The van der Waals surface area contributed by atoms with Crippen LogP contribution in [0.1, 0.15) is 15.4 Å². The van der Waals surface area contributed by atoms with Crippen LogP contribution in [-0.2, 0) is 4.74 Å². The molecule has 0 saturated heterocycles. The monoisotopic (exact) mass is 344 g/mol. The lowest BCUT2D eigenvalue weighted by Gasteiger charge is -2.04. The van der Waals surface area contributed by atoms with Crippen LogP contribution in [0.3, 0.4) is 0 Å². The number of aryl methyl sites for hydroxylation is 1. The first-order chi connectivity index (χ1) is 9.01. The summed E-state index contributed by atoms with van der Waals surface area (Å²) in [6.07, 6.45) is 0. The molecule has 0 aliphatic heterocycles. The topological polar surface area (TPSA) is 51.2 Å². The van der Waals surface area contributed by atoms with E-state index >= 15 is 0 Å². The van der Waals surface area contributed by atoms with E-state index in [9.17, 15) is 9.18 Å². The molecule has 1 aromatic carbocycles. The average Bonchev–Trinajstić information content (AvgIpc) is 2.74. The molecule has 0 spiro atoms. The Kier molecular flexibility index (Phi) is 4.16. The van der Waals surface area contributed by atoms with Crippen molar-refractivity contribution < 1.29 is 13.9 Å². The molecule has 0 saturated carbocycles. The maximum Gasteiger partial charge on any atom is 0.357 e. The number of nitrogens with zero attached hydrogens (tertiary/aromatic N) is 1. The van der Waals surface area contributed by atoms with Crippen LogP contribution in [0, 0.1) is 12.7 Å². The molecule has 4 nitrogen and oxygen atoms in total. The highest BCUT2D eigenvalue weighted by Gasteiger charge is 2.16. The van der Waals surface area contributed by atoms with Gasteiger partial charge in [-0.25, -0.2) is 14.2 Å². The summed E-state index contributed by atoms with van der Waals surface area (Å²) in [5.41, 5.74) is 0.813. The Balaban J connectivity index is 2.29. The van der Waals surface area contributed by atoms with E-state index < -0.39 is 5.97 Å². The highest BCUT2D eigenvalue weighted by molar-refractivity contribution is 9.10. The summed E-state index contributed by atoms with van der Waals surface area (Å²) in [5.74, 6) is -0.840. The highest BCUT2D eigenvalue weighted by Crippen LogP contribution is 2.30. The summed E-state index contributed by atoms with van der Waals surface area (Å²) >= 11 is 4.61. The summed E-state index contributed by atoms with van der Waals surface area (Å²) < 4.78 is 18.5. The number of aromatic nitrogens is 1. The minimum absolute atomic E-state index is 0.266. The molecule has 2 aromatic rings. The first-order valence-electron chi connectivity index (χ1n) is 5.29. The first-order valence-corrected chi connectivity index (χ1v) is 6.90. The molecule has 2 rings (SSSR count). The molecule has 0 fully saturated rings. The fourth-order valence-corrected chi connectivity index (χ4v) is 2.60. The normalized spacial score (nSPS) is 10.3. The molecule has 0 radical (unpaired) electrons. The van der Waals surface area contributed by atoms with Gasteiger partial charge >= 0.3 is 5.97 Å². The number of hydrogen-bond acceptors (Lipinski definition) is 5. The van der Waals surface area contributed by atoms with Gasteiger partial charge in [0.15, 0.2) is 10.8 Å². The summed E-state index contributed by atoms with van der Waals surface area (Å²) in [6.45, 7) is 1.77. The predicted molar refractivity (Wildman–Crippen MR) is 75.6 cm³/mol. The Bertz CT molecular complexity index is 630. The third-order valence-electron chi connectivity index (χ3n) is 2.35. The van der Waals surface area contributed by atoms with Crippen molar-refractivity contribution in [3.8, 4) is 0 Å². The number of benzene rings is 1. The van der Waals surface area contributed by atoms with Crippen molar-refractivity contribution in [3.63, 3.8) is 0 Å². The van der Waals surface area contributed by atoms with Crippen molar-refractivity contribution in [2.45, 2.75) is 6.92 Å². The van der Waals surface area contributed by atoms with Crippen LogP contribution < -0.4 is 5.32 Å². The number of nitrogens with one attached hydrogen (secondary N) is 1. The quantitative estimate of drug-likeness (QED) is 0.858. The first kappa shape index (κ1) is 14.0. The van der Waals surface area contributed by atoms with Crippen LogP contribution in [0.2, 0.25) is 0 Å². The summed E-state index contributed by atoms with van der Waals surface area (Å²) in [7, 11) is 1.30. The molecule has 0 atom stereocenters. The number of ether oxygens (including phenoxy) is 1.